The molecule has 0 radical (unpaired) electrons. The minimum absolute atomic E-state index is 0.0118. The first-order valence-electron chi connectivity index (χ1n) is 12.6. The van der Waals surface area contributed by atoms with Crippen LogP contribution >= 0.6 is 0 Å². The van der Waals surface area contributed by atoms with E-state index in [1.807, 2.05) is 4.90 Å². The van der Waals surface area contributed by atoms with Crippen LogP contribution in [-0.4, -0.2) is 75.3 Å². The zero-order chi connectivity index (χ0) is 27.1. The fraction of sp³-hybridized carbons (Fsp3) is 0.556. The van der Waals surface area contributed by atoms with Crippen molar-refractivity contribution in [2.24, 2.45) is 17.8 Å². The number of aliphatic hydroxyl groups is 2. The van der Waals surface area contributed by atoms with Gasteiger partial charge in [0.1, 0.15) is 17.2 Å². The third kappa shape index (κ3) is 4.97. The Morgan fingerprint density at radius 3 is 2.57 bits per heavy atom. The maximum atomic E-state index is 15.2. The van der Waals surface area contributed by atoms with E-state index in [9.17, 15) is 34.5 Å². The molecule has 4 N–H and O–H groups in total. The number of ketones is 3. The summed E-state index contributed by atoms with van der Waals surface area (Å²) in [5, 5.41) is 34.4. The SMILES string of the molecule is C=C(CC1(O)C(=O)C2C(=O)c3c(O)c(NC(=O)CN4CCCC4)cc(F)c3CC2CC1CCO)C(C)=O. The first-order chi connectivity index (χ1) is 17.5. The predicted octanol–water partition coefficient (Wildman–Crippen LogP) is 1.77. The summed E-state index contributed by atoms with van der Waals surface area (Å²) in [6.07, 6.45) is 1.71. The summed E-state index contributed by atoms with van der Waals surface area (Å²) >= 11 is 0. The number of carbonyl (C=O) groups excluding carboxylic acids is 4. The highest BCUT2D eigenvalue weighted by atomic mass is 19.1. The fourth-order valence-corrected chi connectivity index (χ4v) is 6.10. The lowest BCUT2D eigenvalue weighted by molar-refractivity contribution is -0.157. The van der Waals surface area contributed by atoms with E-state index in [-0.39, 0.29) is 61.2 Å². The lowest BCUT2D eigenvalue weighted by Crippen LogP contribution is -2.59. The van der Waals surface area contributed by atoms with Gasteiger partial charge in [-0.05, 0) is 69.5 Å². The van der Waals surface area contributed by atoms with Gasteiger partial charge in [-0.15, -0.1) is 0 Å². The average Bonchev–Trinajstić information content (AvgIpc) is 3.33. The molecule has 2 fully saturated rings. The Bertz CT molecular complexity index is 1160. The van der Waals surface area contributed by atoms with Crippen LogP contribution in [0.3, 0.4) is 0 Å². The van der Waals surface area contributed by atoms with Gasteiger partial charge in [-0.25, -0.2) is 4.39 Å². The molecule has 1 aromatic rings. The molecule has 4 unspecified atom stereocenters. The average molecular weight is 517 g/mol. The summed E-state index contributed by atoms with van der Waals surface area (Å²) in [6, 6.07) is 0.979. The van der Waals surface area contributed by atoms with E-state index in [0.29, 0.717) is 0 Å². The first-order valence-corrected chi connectivity index (χ1v) is 12.6. The zero-order valence-corrected chi connectivity index (χ0v) is 20.9. The number of anilines is 1. The maximum absolute atomic E-state index is 15.2. The molecule has 1 heterocycles. The van der Waals surface area contributed by atoms with Crippen LogP contribution in [0.4, 0.5) is 10.1 Å². The third-order valence-corrected chi connectivity index (χ3v) is 8.09. The van der Waals surface area contributed by atoms with Crippen LogP contribution in [0.2, 0.25) is 0 Å². The van der Waals surface area contributed by atoms with E-state index >= 15 is 4.39 Å². The molecule has 9 nitrogen and oxygen atoms in total. The number of halogens is 1. The van der Waals surface area contributed by atoms with Crippen LogP contribution in [0.15, 0.2) is 18.2 Å². The first kappa shape index (κ1) is 27.1. The number of nitrogens with one attached hydrogen (secondary N) is 1. The van der Waals surface area contributed by atoms with Crippen LogP contribution in [0.5, 0.6) is 5.75 Å². The second-order valence-electron chi connectivity index (χ2n) is 10.5. The second-order valence-corrected chi connectivity index (χ2v) is 10.5. The Labute approximate surface area is 214 Å². The van der Waals surface area contributed by atoms with Crippen LogP contribution < -0.4 is 5.32 Å². The number of aliphatic hydroxyl groups excluding tert-OH is 1. The minimum atomic E-state index is -2.12. The summed E-state index contributed by atoms with van der Waals surface area (Å²) in [7, 11) is 0. The van der Waals surface area contributed by atoms with Crippen LogP contribution in [0, 0.1) is 23.6 Å². The number of aromatic hydroxyl groups is 1. The maximum Gasteiger partial charge on any atom is 0.238 e. The molecule has 1 saturated heterocycles. The van der Waals surface area contributed by atoms with Gasteiger partial charge in [-0.1, -0.05) is 6.58 Å². The number of rotatable bonds is 8. The third-order valence-electron chi connectivity index (χ3n) is 8.09. The number of Topliss-reactive ketones (excluding diaryl/α,β-unsaturated/α-hetero) is 3. The van der Waals surface area contributed by atoms with Crippen molar-refractivity contribution in [3.8, 4) is 5.75 Å². The number of benzene rings is 1. The molecular weight excluding hydrogens is 483 g/mol. The molecule has 4 atom stereocenters. The van der Waals surface area contributed by atoms with Crippen LogP contribution in [0.1, 0.15) is 54.9 Å². The number of phenols is 1. The van der Waals surface area contributed by atoms with Gasteiger partial charge in [0, 0.05) is 24.7 Å². The van der Waals surface area contributed by atoms with Gasteiger partial charge < -0.3 is 20.6 Å². The molecule has 10 heteroatoms. The number of likely N-dealkylation sites (tertiary alicyclic amines) is 1. The number of hydrogen-bond acceptors (Lipinski definition) is 8. The van der Waals surface area contributed by atoms with Crippen molar-refractivity contribution in [1.29, 1.82) is 0 Å². The minimum Gasteiger partial charge on any atom is -0.505 e. The van der Waals surface area contributed by atoms with E-state index in [1.165, 1.54) is 6.92 Å². The van der Waals surface area contributed by atoms with E-state index < -0.39 is 58.2 Å². The number of amides is 1. The largest absolute Gasteiger partial charge is 0.505 e. The summed E-state index contributed by atoms with van der Waals surface area (Å²) in [5.74, 6) is -6.73. The Kier molecular flexibility index (Phi) is 7.64. The lowest BCUT2D eigenvalue weighted by Gasteiger charge is -2.47. The Morgan fingerprint density at radius 2 is 1.95 bits per heavy atom. The van der Waals surface area contributed by atoms with Crippen LogP contribution in [0.25, 0.3) is 0 Å². The number of carbonyl (C=O) groups is 4. The molecule has 0 bridgehead atoms. The number of fused-ring (bicyclic) bond motifs is 2. The van der Waals surface area contributed by atoms with Crippen molar-refractivity contribution in [2.45, 2.75) is 51.0 Å². The number of hydrogen-bond donors (Lipinski definition) is 4. The molecule has 1 amide bonds. The fourth-order valence-electron chi connectivity index (χ4n) is 6.10. The van der Waals surface area contributed by atoms with Crippen molar-refractivity contribution >= 4 is 28.9 Å². The van der Waals surface area contributed by atoms with Crippen molar-refractivity contribution in [3.63, 3.8) is 0 Å². The lowest BCUT2D eigenvalue weighted by atomic mass is 9.57. The van der Waals surface area contributed by atoms with E-state index in [4.69, 9.17) is 0 Å². The predicted molar refractivity (Wildman–Crippen MR) is 132 cm³/mol. The summed E-state index contributed by atoms with van der Waals surface area (Å²) < 4.78 is 15.2. The summed E-state index contributed by atoms with van der Waals surface area (Å²) in [5.41, 5.74) is -2.78. The van der Waals surface area contributed by atoms with Crippen molar-refractivity contribution in [3.05, 3.63) is 35.2 Å². The highest BCUT2D eigenvalue weighted by Gasteiger charge is 2.57. The smallest absolute Gasteiger partial charge is 0.238 e. The van der Waals surface area contributed by atoms with Gasteiger partial charge in [0.25, 0.3) is 0 Å². The summed E-state index contributed by atoms with van der Waals surface area (Å²) in [4.78, 5) is 53.5. The molecule has 1 aromatic carbocycles. The van der Waals surface area contributed by atoms with E-state index in [2.05, 4.69) is 11.9 Å². The number of nitrogens with zero attached hydrogens (tertiary/aromatic N) is 1. The standard InChI is InChI=1S/C27H33FN2O7/c1-14(15(2)32)12-27(37)17(5-8-31)9-16-10-18-19(28)11-20(29-21(33)13-30-6-3-4-7-30)24(34)23(18)25(35)22(16)26(27)36/h11,16-17,22,31,34,37H,1,3-10,12-13H2,2H3,(H,29,33). The molecule has 0 spiro atoms. The molecule has 1 aliphatic heterocycles. The monoisotopic (exact) mass is 516 g/mol. The van der Waals surface area contributed by atoms with Crippen LogP contribution in [-0.2, 0) is 20.8 Å². The zero-order valence-electron chi connectivity index (χ0n) is 20.9. The van der Waals surface area contributed by atoms with Gasteiger partial charge >= 0.3 is 0 Å². The van der Waals surface area contributed by atoms with E-state index in [0.717, 1.165) is 32.0 Å². The topological polar surface area (TPSA) is 144 Å². The molecule has 2 aliphatic carbocycles. The van der Waals surface area contributed by atoms with Crippen molar-refractivity contribution in [1.82, 2.24) is 4.90 Å². The molecule has 1 saturated carbocycles. The second kappa shape index (κ2) is 10.4. The molecule has 3 aliphatic rings. The molecule has 200 valence electrons. The van der Waals surface area contributed by atoms with Gasteiger partial charge in [-0.2, -0.15) is 0 Å². The molecule has 37 heavy (non-hydrogen) atoms. The van der Waals surface area contributed by atoms with Gasteiger partial charge in [0.2, 0.25) is 5.91 Å². The highest BCUT2D eigenvalue weighted by molar-refractivity contribution is 6.17. The molecular formula is C27H33FN2O7. The van der Waals surface area contributed by atoms with Gasteiger partial charge in [0.05, 0.1) is 23.7 Å². The Balaban J connectivity index is 1.67. The van der Waals surface area contributed by atoms with E-state index in [1.54, 1.807) is 0 Å². The molecule has 0 aromatic heterocycles. The molecule has 4 rings (SSSR count). The highest BCUT2D eigenvalue weighted by Crippen LogP contribution is 2.50. The Hall–Kier alpha value is -2.95. The quantitative estimate of drug-likeness (QED) is 0.233. The number of phenolic OH excluding ortho intramolecular Hbond substituents is 1. The van der Waals surface area contributed by atoms with Crippen molar-refractivity contribution < 1.29 is 38.9 Å². The van der Waals surface area contributed by atoms with Crippen molar-refractivity contribution in [2.75, 3.05) is 31.6 Å². The van der Waals surface area contributed by atoms with Gasteiger partial charge in [0.15, 0.2) is 17.3 Å². The Morgan fingerprint density at radius 1 is 1.27 bits per heavy atom. The normalized spacial score (nSPS) is 27.5. The van der Waals surface area contributed by atoms with Gasteiger partial charge in [-0.3, -0.25) is 24.1 Å². The summed E-state index contributed by atoms with van der Waals surface area (Å²) in [6.45, 7) is 6.15.